The van der Waals surface area contributed by atoms with Gasteiger partial charge in [0.2, 0.25) is 23.2 Å². The Balaban J connectivity index is 1.11. The fourth-order valence-corrected chi connectivity index (χ4v) is 9.40. The van der Waals surface area contributed by atoms with Crippen molar-refractivity contribution in [2.75, 3.05) is 44.2 Å². The summed E-state index contributed by atoms with van der Waals surface area (Å²) >= 11 is 8.57. The van der Waals surface area contributed by atoms with Crippen LogP contribution in [0.5, 0.6) is 11.5 Å². The Bertz CT molecular complexity index is 2060. The number of benzene rings is 1. The molecule has 0 aliphatic carbocycles. The van der Waals surface area contributed by atoms with E-state index in [2.05, 4.69) is 35.1 Å². The van der Waals surface area contributed by atoms with Crippen LogP contribution in [0.25, 0.3) is 5.70 Å². The number of aromatic hydroxyl groups is 2. The third kappa shape index (κ3) is 6.55. The van der Waals surface area contributed by atoms with Crippen LogP contribution in [0.4, 0.5) is 5.13 Å². The smallest absolute Gasteiger partial charge is 0.350 e. The van der Waals surface area contributed by atoms with Gasteiger partial charge in [-0.15, -0.1) is 22.0 Å². The number of nitrogens with one attached hydrogen (secondary N) is 1. The summed E-state index contributed by atoms with van der Waals surface area (Å²) in [7, 11) is 0. The molecule has 3 aromatic rings. The van der Waals surface area contributed by atoms with Crippen molar-refractivity contribution in [2.24, 2.45) is 11.1 Å². The minimum Gasteiger partial charge on any atom is -0.504 e. The molecule has 1 aromatic carbocycles. The number of rotatable bonds is 11. The Morgan fingerprint density at radius 3 is 2.74 bits per heavy atom. The SMILES string of the molecule is CC(C)(O/N=C(\C(=O)C[C@@H]1C(=O)N2C(c3nn[nH]n3)=C(C[N@+]34CCC[C@H]3CN(C(=O)c3ccc(O)c(O)c3Cl)CC4)CS[C@H]12)c1nsc(N)n1)C(=O)O. The summed E-state index contributed by atoms with van der Waals surface area (Å²) < 4.78 is 4.75. The van der Waals surface area contributed by atoms with Crippen LogP contribution in [0.2, 0.25) is 5.02 Å². The number of H-pyrrole nitrogens is 1. The molecule has 0 unspecified atom stereocenters. The fourth-order valence-electron chi connectivity index (χ4n) is 7.32. The van der Waals surface area contributed by atoms with Crippen molar-refractivity contribution in [3.8, 4) is 11.5 Å². The molecule has 0 spiro atoms. The number of nitrogens with two attached hydrogens (primary N) is 1. The molecule has 280 valence electrons. The Morgan fingerprint density at radius 1 is 1.25 bits per heavy atom. The molecule has 6 heterocycles. The van der Waals surface area contributed by atoms with E-state index >= 15 is 0 Å². The largest absolute Gasteiger partial charge is 0.504 e. The van der Waals surface area contributed by atoms with Crippen molar-refractivity contribution < 1.29 is 43.8 Å². The predicted octanol–water partition coefficient (Wildman–Crippen LogP) is 1.32. The monoisotopic (exact) mass is 788 g/mol. The van der Waals surface area contributed by atoms with Crippen LogP contribution in [-0.2, 0) is 19.2 Å². The first-order chi connectivity index (χ1) is 25.2. The highest BCUT2D eigenvalue weighted by molar-refractivity contribution is 8.00. The molecule has 2 amide bonds. The second-order valence-electron chi connectivity index (χ2n) is 13.8. The van der Waals surface area contributed by atoms with E-state index in [4.69, 9.17) is 22.2 Å². The topological polar surface area (TPSA) is 263 Å². The summed E-state index contributed by atoms with van der Waals surface area (Å²) in [4.78, 5) is 65.3. The number of phenolic OH excluding ortho intramolecular Hbond substituents is 2. The molecule has 3 fully saturated rings. The number of hydrogen-bond acceptors (Lipinski definition) is 16. The van der Waals surface area contributed by atoms with Crippen LogP contribution < -0.4 is 5.73 Å². The number of β-lactam (4-membered cyclic amide) rings is 1. The van der Waals surface area contributed by atoms with Crippen LogP contribution in [-0.4, -0.2) is 144 Å². The second kappa shape index (κ2) is 13.8. The fraction of sp³-hybridized carbons (Fsp3) is 0.484. The van der Waals surface area contributed by atoms with Crippen molar-refractivity contribution in [3.05, 3.63) is 39.9 Å². The average Bonchev–Trinajstić information content (AvgIpc) is 3.91. The first-order valence-electron chi connectivity index (χ1n) is 16.6. The van der Waals surface area contributed by atoms with Crippen LogP contribution in [0.15, 0.2) is 22.9 Å². The number of oxime groups is 1. The van der Waals surface area contributed by atoms with Gasteiger partial charge in [-0.1, -0.05) is 16.8 Å². The van der Waals surface area contributed by atoms with Crippen molar-refractivity contribution in [1.82, 2.24) is 39.8 Å². The van der Waals surface area contributed by atoms with E-state index in [1.54, 1.807) is 9.80 Å². The van der Waals surface area contributed by atoms with Gasteiger partial charge in [-0.3, -0.25) is 19.3 Å². The number of nitrogen functional groups attached to an aromatic ring is 1. The van der Waals surface area contributed by atoms with E-state index in [0.29, 0.717) is 42.1 Å². The Kier molecular flexibility index (Phi) is 9.53. The molecule has 4 aliphatic heterocycles. The van der Waals surface area contributed by atoms with Crippen molar-refractivity contribution in [2.45, 2.75) is 50.1 Å². The minimum absolute atomic E-state index is 0.0656. The van der Waals surface area contributed by atoms with Gasteiger partial charge < -0.3 is 35.3 Å². The van der Waals surface area contributed by atoms with Crippen molar-refractivity contribution in [3.63, 3.8) is 0 Å². The molecule has 6 N–H and O–H groups in total. The molecule has 4 atom stereocenters. The standard InChI is InChI=1S/C31H34ClN11O8S2/c1-31(2,29(49)50)51-37-21(24-34-30(33)53-38-24)19(45)10-17-27(48)42-22(25-35-39-40-36-25)14(13-52-28(17)42)12-43-8-3-4-15(43)11-41(7-9-43)26(47)16-5-6-18(44)23(46)20(16)32/h5-6,15,17,28H,3-4,7-13H2,1-2H3,(H5-,33,34,35,36,37,38,39,40,44,45,46,47,49,50)/p+1/t15-,17+,28+,43+/m0/s1. The number of hydrogen-bond donors (Lipinski definition) is 5. The number of Topliss-reactive ketones (excluding diaryl/α,β-unsaturated/α-hetero) is 1. The number of tetrazole rings is 1. The van der Waals surface area contributed by atoms with E-state index in [1.165, 1.54) is 37.7 Å². The lowest BCUT2D eigenvalue weighted by Gasteiger charge is -2.52. The highest BCUT2D eigenvalue weighted by Gasteiger charge is 2.55. The number of ketones is 1. The number of carbonyl (C=O) groups is 4. The molecule has 0 radical (unpaired) electrons. The number of nitrogens with zero attached hydrogens (tertiary/aromatic N) is 9. The maximum atomic E-state index is 13.9. The molecule has 2 aromatic heterocycles. The summed E-state index contributed by atoms with van der Waals surface area (Å²) in [5, 5.41) is 47.3. The summed E-state index contributed by atoms with van der Waals surface area (Å²) in [5.41, 5.74) is 5.23. The first-order valence-corrected chi connectivity index (χ1v) is 18.8. The number of carboxylic acid groups (broad SMARTS) is 1. The lowest BCUT2D eigenvalue weighted by atomic mass is 9.89. The summed E-state index contributed by atoms with van der Waals surface area (Å²) in [5.74, 6) is -3.64. The molecule has 3 saturated heterocycles. The second-order valence-corrected chi connectivity index (χ2v) is 16.1. The summed E-state index contributed by atoms with van der Waals surface area (Å²) in [6.07, 6.45) is 1.55. The van der Waals surface area contributed by atoms with E-state index < -0.39 is 40.1 Å². The zero-order valence-electron chi connectivity index (χ0n) is 28.4. The number of thioether (sulfide) groups is 1. The number of carboxylic acids is 1. The van der Waals surface area contributed by atoms with Crippen LogP contribution >= 0.6 is 34.9 Å². The Labute approximate surface area is 314 Å². The number of quaternary nitrogens is 1. The van der Waals surface area contributed by atoms with E-state index in [0.717, 1.165) is 36.5 Å². The number of halogens is 1. The van der Waals surface area contributed by atoms with E-state index in [-0.39, 0.29) is 57.4 Å². The highest BCUT2D eigenvalue weighted by atomic mass is 35.5. The number of fused-ring (bicyclic) bond motifs is 2. The number of amides is 2. The predicted molar refractivity (Wildman–Crippen MR) is 190 cm³/mol. The van der Waals surface area contributed by atoms with Gasteiger partial charge in [-0.2, -0.15) is 14.6 Å². The molecular formula is C31H35ClN11O8S2+. The lowest BCUT2D eigenvalue weighted by molar-refractivity contribution is -0.938. The van der Waals surface area contributed by atoms with Gasteiger partial charge in [0.25, 0.3) is 5.91 Å². The summed E-state index contributed by atoms with van der Waals surface area (Å²) in [6.45, 7) is 5.52. The number of aromatic nitrogens is 6. The minimum atomic E-state index is -1.76. The molecule has 0 bridgehead atoms. The molecule has 19 nitrogen and oxygen atoms in total. The molecule has 4 aliphatic rings. The van der Waals surface area contributed by atoms with Gasteiger partial charge in [0.15, 0.2) is 28.1 Å². The lowest BCUT2D eigenvalue weighted by Crippen LogP contribution is -2.65. The van der Waals surface area contributed by atoms with Gasteiger partial charge in [0, 0.05) is 42.1 Å². The average molecular weight is 789 g/mol. The third-order valence-electron chi connectivity index (χ3n) is 10.2. The highest BCUT2D eigenvalue weighted by Crippen LogP contribution is 2.49. The van der Waals surface area contributed by atoms with Gasteiger partial charge >= 0.3 is 5.97 Å². The number of anilines is 1. The number of aromatic amines is 1. The Hall–Kier alpha value is -4.86. The summed E-state index contributed by atoms with van der Waals surface area (Å²) in [6, 6.07) is 2.74. The van der Waals surface area contributed by atoms with Gasteiger partial charge in [-0.25, -0.2) is 4.79 Å². The van der Waals surface area contributed by atoms with Crippen molar-refractivity contribution in [1.29, 1.82) is 0 Å². The normalized spacial score (nSPS) is 24.5. The maximum Gasteiger partial charge on any atom is 0.350 e. The third-order valence-corrected chi connectivity index (χ3v) is 12.5. The number of piperazine rings is 1. The van der Waals surface area contributed by atoms with Gasteiger partial charge in [-0.05, 0) is 31.2 Å². The molecule has 53 heavy (non-hydrogen) atoms. The maximum absolute atomic E-state index is 13.9. The van der Waals surface area contributed by atoms with Gasteiger partial charge in [0.05, 0.1) is 53.8 Å². The Morgan fingerprint density at radius 2 is 2.04 bits per heavy atom. The van der Waals surface area contributed by atoms with Crippen LogP contribution in [0.3, 0.4) is 0 Å². The first kappa shape index (κ1) is 36.5. The zero-order valence-corrected chi connectivity index (χ0v) is 30.8. The number of phenols is 2. The molecule has 0 saturated carbocycles. The molecule has 22 heteroatoms. The van der Waals surface area contributed by atoms with Gasteiger partial charge in [0.1, 0.15) is 12.6 Å². The van der Waals surface area contributed by atoms with E-state index in [9.17, 15) is 34.5 Å². The number of carbonyl (C=O) groups excluding carboxylic acids is 3. The van der Waals surface area contributed by atoms with Crippen LogP contribution in [0, 0.1) is 5.92 Å². The van der Waals surface area contributed by atoms with E-state index in [1.807, 2.05) is 0 Å². The molecular weight excluding hydrogens is 754 g/mol. The zero-order chi connectivity index (χ0) is 37.8. The van der Waals surface area contributed by atoms with Crippen LogP contribution in [0.1, 0.15) is 55.1 Å². The van der Waals surface area contributed by atoms with Crippen molar-refractivity contribution >= 4 is 75.0 Å². The number of aliphatic carboxylic acids is 1. The molecule has 7 rings (SSSR count). The quantitative estimate of drug-likeness (QED) is 0.0603.